The lowest BCUT2D eigenvalue weighted by molar-refractivity contribution is -0.113. The molecule has 3 aromatic rings. The average molecular weight is 477 g/mol. The number of ether oxygens (including phenoxy) is 1. The second-order valence-corrected chi connectivity index (χ2v) is 9.48. The van der Waals surface area contributed by atoms with Crippen molar-refractivity contribution < 1.29 is 9.53 Å². The summed E-state index contributed by atoms with van der Waals surface area (Å²) in [5.41, 5.74) is 1.77. The maximum Gasteiger partial charge on any atom is 0.270 e. The summed E-state index contributed by atoms with van der Waals surface area (Å²) in [6, 6.07) is 21.9. The summed E-state index contributed by atoms with van der Waals surface area (Å²) in [7, 11) is 0. The highest BCUT2D eigenvalue weighted by atomic mass is 32.2. The molecule has 0 unspecified atom stereocenters. The molecule has 3 aromatic carbocycles. The van der Waals surface area contributed by atoms with Crippen molar-refractivity contribution in [3.05, 3.63) is 77.2 Å². The first-order chi connectivity index (χ1) is 16.1. The van der Waals surface area contributed by atoms with Crippen LogP contribution in [0.15, 0.2) is 71.6 Å². The molecule has 6 heteroatoms. The predicted molar refractivity (Wildman–Crippen MR) is 144 cm³/mol. The van der Waals surface area contributed by atoms with Crippen LogP contribution in [-0.2, 0) is 4.79 Å². The Morgan fingerprint density at radius 2 is 1.73 bits per heavy atom. The molecule has 0 atom stereocenters. The summed E-state index contributed by atoms with van der Waals surface area (Å²) in [4.78, 5) is 17.8. The van der Waals surface area contributed by atoms with Crippen LogP contribution in [0.3, 0.4) is 0 Å². The number of thioether (sulfide) groups is 1. The Balaban J connectivity index is 1.44. The molecule has 1 heterocycles. The largest absolute Gasteiger partial charge is 0.494 e. The van der Waals surface area contributed by atoms with Crippen LogP contribution in [-0.4, -0.2) is 41.4 Å². The van der Waals surface area contributed by atoms with Crippen molar-refractivity contribution >= 4 is 56.7 Å². The molecule has 0 aliphatic carbocycles. The van der Waals surface area contributed by atoms with Gasteiger partial charge in [0.25, 0.3) is 5.91 Å². The van der Waals surface area contributed by atoms with Crippen LogP contribution < -0.4 is 9.64 Å². The van der Waals surface area contributed by atoms with Gasteiger partial charge in [0.2, 0.25) is 0 Å². The van der Waals surface area contributed by atoms with E-state index in [1.165, 1.54) is 11.8 Å². The number of hydrogen-bond acceptors (Lipinski definition) is 5. The highest BCUT2D eigenvalue weighted by molar-refractivity contribution is 8.27. The standard InChI is InChI=1S/C27H28N2O2S2/c1-3-28(4-2)17-8-18-31-23-15-13-22(14-16-23)29-26(30)25(33-27(29)32)19-21-11-7-10-20-9-5-6-12-24(20)21/h5-7,9-16,19H,3-4,8,17-18H2,1-2H3/b25-19-. The maximum absolute atomic E-state index is 13.2. The van der Waals surface area contributed by atoms with Gasteiger partial charge >= 0.3 is 0 Å². The molecule has 33 heavy (non-hydrogen) atoms. The lowest BCUT2D eigenvalue weighted by Gasteiger charge is -2.18. The first-order valence-corrected chi connectivity index (χ1v) is 12.5. The normalized spacial score (nSPS) is 15.2. The molecule has 170 valence electrons. The van der Waals surface area contributed by atoms with Crippen LogP contribution in [0.5, 0.6) is 5.75 Å². The van der Waals surface area contributed by atoms with Gasteiger partial charge in [-0.3, -0.25) is 9.69 Å². The molecule has 0 aromatic heterocycles. The summed E-state index contributed by atoms with van der Waals surface area (Å²) in [6.07, 6.45) is 2.92. The SMILES string of the molecule is CCN(CC)CCCOc1ccc(N2C(=O)/C(=C/c3cccc4ccccc34)SC2=S)cc1. The van der Waals surface area contributed by atoms with Crippen molar-refractivity contribution in [1.29, 1.82) is 0 Å². The third kappa shape index (κ3) is 5.46. The molecule has 0 saturated carbocycles. The van der Waals surface area contributed by atoms with Crippen LogP contribution >= 0.6 is 24.0 Å². The van der Waals surface area contributed by atoms with E-state index >= 15 is 0 Å². The molecule has 4 nitrogen and oxygen atoms in total. The van der Waals surface area contributed by atoms with Crippen LogP contribution in [0.1, 0.15) is 25.8 Å². The lowest BCUT2D eigenvalue weighted by atomic mass is 10.0. The predicted octanol–water partition coefficient (Wildman–Crippen LogP) is 6.36. The zero-order valence-electron chi connectivity index (χ0n) is 19.0. The van der Waals surface area contributed by atoms with Gasteiger partial charge in [0, 0.05) is 6.54 Å². The maximum atomic E-state index is 13.2. The van der Waals surface area contributed by atoms with E-state index in [4.69, 9.17) is 17.0 Å². The van der Waals surface area contributed by atoms with Gasteiger partial charge in [0.05, 0.1) is 17.2 Å². The van der Waals surface area contributed by atoms with Gasteiger partial charge in [-0.05, 0) is 66.2 Å². The molecule has 0 bridgehead atoms. The molecule has 0 radical (unpaired) electrons. The first kappa shape index (κ1) is 23.5. The summed E-state index contributed by atoms with van der Waals surface area (Å²) < 4.78 is 6.42. The number of carbonyl (C=O) groups excluding carboxylic acids is 1. The fourth-order valence-electron chi connectivity index (χ4n) is 3.92. The van der Waals surface area contributed by atoms with Gasteiger partial charge in [-0.1, -0.05) is 80.3 Å². The molecular formula is C27H28N2O2S2. The van der Waals surface area contributed by atoms with Gasteiger partial charge in [-0.15, -0.1) is 0 Å². The van der Waals surface area contributed by atoms with Crippen LogP contribution in [0.4, 0.5) is 5.69 Å². The van der Waals surface area contributed by atoms with Gasteiger partial charge in [-0.25, -0.2) is 0 Å². The molecule has 1 aliphatic rings. The van der Waals surface area contributed by atoms with Crippen molar-refractivity contribution in [2.75, 3.05) is 31.1 Å². The second kappa shape index (κ2) is 11.0. The molecule has 1 saturated heterocycles. The number of anilines is 1. The van der Waals surface area contributed by atoms with Gasteiger partial charge in [-0.2, -0.15) is 0 Å². The van der Waals surface area contributed by atoms with Crippen LogP contribution in [0.25, 0.3) is 16.8 Å². The number of carbonyl (C=O) groups is 1. The Kier molecular flexibility index (Phi) is 7.81. The smallest absolute Gasteiger partial charge is 0.270 e. The fourth-order valence-corrected chi connectivity index (χ4v) is 5.21. The first-order valence-electron chi connectivity index (χ1n) is 11.3. The number of amides is 1. The second-order valence-electron chi connectivity index (χ2n) is 7.81. The van der Waals surface area contributed by atoms with Crippen molar-refractivity contribution in [2.24, 2.45) is 0 Å². The number of thiocarbonyl (C=S) groups is 1. The van der Waals surface area contributed by atoms with E-state index in [9.17, 15) is 4.79 Å². The van der Waals surface area contributed by atoms with E-state index in [-0.39, 0.29) is 5.91 Å². The third-order valence-corrected chi connectivity index (χ3v) is 7.08. The number of hydrogen-bond donors (Lipinski definition) is 0. The fraction of sp³-hybridized carbons (Fsp3) is 0.259. The minimum Gasteiger partial charge on any atom is -0.494 e. The lowest BCUT2D eigenvalue weighted by Crippen LogP contribution is -2.27. The average Bonchev–Trinajstić information content (AvgIpc) is 3.12. The van der Waals surface area contributed by atoms with Crippen LogP contribution in [0.2, 0.25) is 0 Å². The quantitative estimate of drug-likeness (QED) is 0.204. The highest BCUT2D eigenvalue weighted by Gasteiger charge is 2.33. The molecule has 0 spiro atoms. The molecule has 4 rings (SSSR count). The van der Waals surface area contributed by atoms with Gasteiger partial charge < -0.3 is 9.64 Å². The monoisotopic (exact) mass is 476 g/mol. The summed E-state index contributed by atoms with van der Waals surface area (Å²) in [5, 5.41) is 2.27. The molecule has 0 N–H and O–H groups in total. The van der Waals surface area contributed by atoms with Crippen molar-refractivity contribution in [2.45, 2.75) is 20.3 Å². The molecule has 1 fully saturated rings. The summed E-state index contributed by atoms with van der Waals surface area (Å²) >= 11 is 6.89. The number of fused-ring (bicyclic) bond motifs is 1. The topological polar surface area (TPSA) is 32.8 Å². The molecule has 1 aliphatic heterocycles. The van der Waals surface area contributed by atoms with E-state index in [0.29, 0.717) is 15.8 Å². The number of nitrogens with zero attached hydrogens (tertiary/aromatic N) is 2. The van der Waals surface area contributed by atoms with Crippen molar-refractivity contribution in [3.8, 4) is 5.75 Å². The molecule has 1 amide bonds. The summed E-state index contributed by atoms with van der Waals surface area (Å²) in [6.45, 7) is 8.17. The minimum absolute atomic E-state index is 0.0918. The van der Waals surface area contributed by atoms with E-state index < -0.39 is 0 Å². The Bertz CT molecular complexity index is 1160. The summed E-state index contributed by atoms with van der Waals surface area (Å²) in [5.74, 6) is 0.709. The van der Waals surface area contributed by atoms with E-state index in [2.05, 4.69) is 36.9 Å². The Morgan fingerprint density at radius 1 is 1.00 bits per heavy atom. The van der Waals surface area contributed by atoms with E-state index in [1.807, 2.05) is 54.6 Å². The van der Waals surface area contributed by atoms with Crippen molar-refractivity contribution in [1.82, 2.24) is 4.90 Å². The highest BCUT2D eigenvalue weighted by Crippen LogP contribution is 2.37. The van der Waals surface area contributed by atoms with E-state index in [1.54, 1.807) is 4.90 Å². The Hall–Kier alpha value is -2.67. The molecular weight excluding hydrogens is 448 g/mol. The number of benzene rings is 3. The van der Waals surface area contributed by atoms with Crippen LogP contribution in [0, 0.1) is 0 Å². The third-order valence-electron chi connectivity index (χ3n) is 5.78. The van der Waals surface area contributed by atoms with Gasteiger partial charge in [0.1, 0.15) is 5.75 Å². The Morgan fingerprint density at radius 3 is 2.48 bits per heavy atom. The van der Waals surface area contributed by atoms with E-state index in [0.717, 1.165) is 53.8 Å². The Labute approximate surface area is 205 Å². The zero-order chi connectivity index (χ0) is 23.2. The minimum atomic E-state index is -0.0918. The van der Waals surface area contributed by atoms with Gasteiger partial charge in [0.15, 0.2) is 4.32 Å². The van der Waals surface area contributed by atoms with Crippen molar-refractivity contribution in [3.63, 3.8) is 0 Å². The number of rotatable bonds is 9. The zero-order valence-corrected chi connectivity index (χ0v) is 20.6.